The summed E-state index contributed by atoms with van der Waals surface area (Å²) in [5.41, 5.74) is 5.20. The van der Waals surface area contributed by atoms with Crippen molar-refractivity contribution in [2.75, 3.05) is 27.3 Å². The summed E-state index contributed by atoms with van der Waals surface area (Å²) in [5, 5.41) is 20.6. The van der Waals surface area contributed by atoms with Crippen molar-refractivity contribution in [3.63, 3.8) is 0 Å². The van der Waals surface area contributed by atoms with Gasteiger partial charge in [0.25, 0.3) is 0 Å². The molecule has 2 amide bonds. The highest BCUT2D eigenvalue weighted by Crippen LogP contribution is 2.44. The largest absolute Gasteiger partial charge is 0.496 e. The summed E-state index contributed by atoms with van der Waals surface area (Å²) in [4.78, 5) is 28.4. The van der Waals surface area contributed by atoms with E-state index in [1.165, 1.54) is 12.2 Å². The summed E-state index contributed by atoms with van der Waals surface area (Å²) in [6, 6.07) is 27.1. The van der Waals surface area contributed by atoms with E-state index in [1.54, 1.807) is 36.2 Å². The zero-order valence-corrected chi connectivity index (χ0v) is 32.3. The highest BCUT2D eigenvalue weighted by Gasteiger charge is 2.31. The highest BCUT2D eigenvalue weighted by molar-refractivity contribution is 5.88. The van der Waals surface area contributed by atoms with E-state index in [0.717, 1.165) is 22.3 Å². The Hall–Kier alpha value is -6.52. The second kappa shape index (κ2) is 17.3. The van der Waals surface area contributed by atoms with Gasteiger partial charge in [0.2, 0.25) is 11.8 Å². The maximum Gasteiger partial charge on any atom is 0.246 e. The first-order valence-corrected chi connectivity index (χ1v) is 18.8. The second-order valence-electron chi connectivity index (χ2n) is 14.2. The van der Waals surface area contributed by atoms with E-state index in [-0.39, 0.29) is 36.1 Å². The summed E-state index contributed by atoms with van der Waals surface area (Å²) in [7, 11) is 3.20. The number of hydrogen-bond donors (Lipinski definition) is 0. The van der Waals surface area contributed by atoms with Crippen molar-refractivity contribution in [1.29, 1.82) is 10.5 Å². The van der Waals surface area contributed by atoms with Crippen molar-refractivity contribution in [2.24, 2.45) is 0 Å². The van der Waals surface area contributed by atoms with Crippen molar-refractivity contribution >= 4 is 11.8 Å². The van der Waals surface area contributed by atoms with E-state index in [2.05, 4.69) is 25.3 Å². The van der Waals surface area contributed by atoms with Gasteiger partial charge in [-0.1, -0.05) is 43.5 Å². The minimum absolute atomic E-state index is 0.0147. The Bertz CT molecular complexity index is 2240. The topological polar surface area (TPSA) is 125 Å². The number of carbonyl (C=O) groups excluding carboxylic acids is 2. The van der Waals surface area contributed by atoms with Crippen LogP contribution in [-0.4, -0.2) is 73.2 Å². The number of amides is 2. The van der Waals surface area contributed by atoms with Gasteiger partial charge in [0.05, 0.1) is 37.5 Å². The van der Waals surface area contributed by atoms with E-state index in [1.807, 2.05) is 74.5 Å². The molecule has 2 aliphatic rings. The van der Waals surface area contributed by atoms with E-state index in [0.29, 0.717) is 84.0 Å². The fraction of sp³-hybridized carbons (Fsp3) is 0.304. The number of hydrogen-bond acceptors (Lipinski definition) is 8. The number of carbonyl (C=O) groups is 2. The van der Waals surface area contributed by atoms with Crippen LogP contribution in [0.25, 0.3) is 33.4 Å². The average Bonchev–Trinajstić information content (AvgIpc) is 3.22. The standard InChI is InChI=1S/C46H46N4O6/c1-7-44(51)49-17-15-36(19-29(49)3)55-38-22-31(27-47)21-33(24-38)40-14-13-32(25-42(40)54-6)46-35(28-48)23-34(39-11-9-10-12-41(39)53-5)26-43(46)56-37-16-18-50(30(4)20-37)45(52)8-2/h7-14,21-26,29-30,36-37H,1-2,15-20H2,3-6H3/t29-,30+,36-,37-/m0/s1. The van der Waals surface area contributed by atoms with Crippen molar-refractivity contribution in [2.45, 2.75) is 63.8 Å². The first kappa shape index (κ1) is 39.2. The van der Waals surface area contributed by atoms with Gasteiger partial charge in [-0.15, -0.1) is 0 Å². The molecular formula is C46H46N4O6. The summed E-state index contributed by atoms with van der Waals surface area (Å²) in [6.07, 6.45) is 4.84. The first-order valence-electron chi connectivity index (χ1n) is 18.8. The molecule has 10 nitrogen and oxygen atoms in total. The van der Waals surface area contributed by atoms with Crippen LogP contribution in [0, 0.1) is 22.7 Å². The van der Waals surface area contributed by atoms with Crippen molar-refractivity contribution in [3.05, 3.63) is 109 Å². The van der Waals surface area contributed by atoms with Crippen LogP contribution in [0.1, 0.15) is 50.7 Å². The molecule has 0 radical (unpaired) electrons. The van der Waals surface area contributed by atoms with Crippen LogP contribution in [0.3, 0.4) is 0 Å². The third-order valence-electron chi connectivity index (χ3n) is 10.6. The molecule has 56 heavy (non-hydrogen) atoms. The molecule has 0 spiro atoms. The Morgan fingerprint density at radius 3 is 1.88 bits per heavy atom. The molecule has 2 heterocycles. The lowest BCUT2D eigenvalue weighted by Crippen LogP contribution is -2.46. The molecule has 0 aromatic heterocycles. The number of ether oxygens (including phenoxy) is 4. The molecule has 0 unspecified atom stereocenters. The molecule has 2 aliphatic heterocycles. The van der Waals surface area contributed by atoms with E-state index >= 15 is 0 Å². The predicted octanol–water partition coefficient (Wildman–Crippen LogP) is 8.34. The van der Waals surface area contributed by atoms with E-state index < -0.39 is 0 Å². The number of methoxy groups -OCH3 is 2. The normalized spacial score (nSPS) is 19.2. The van der Waals surface area contributed by atoms with Crippen LogP contribution in [0.5, 0.6) is 23.0 Å². The van der Waals surface area contributed by atoms with E-state index in [4.69, 9.17) is 18.9 Å². The SMILES string of the molecule is C=CC(=O)N1CC[C@H](Oc2cc(-c3ccccc3OC)cc(C#N)c2-c2ccc(-c3cc(C#N)cc(O[C@H]4CCN(C(=O)C=C)[C@@H](C)C4)c3)c(OC)c2)C[C@H]1C. The Morgan fingerprint density at radius 1 is 0.696 bits per heavy atom. The Kier molecular flexibility index (Phi) is 12.1. The molecule has 6 rings (SSSR count). The molecule has 4 atom stereocenters. The van der Waals surface area contributed by atoms with Gasteiger partial charge < -0.3 is 28.7 Å². The number of piperidine rings is 2. The van der Waals surface area contributed by atoms with Crippen LogP contribution in [-0.2, 0) is 9.59 Å². The number of nitriles is 2. The lowest BCUT2D eigenvalue weighted by atomic mass is 9.92. The molecule has 2 fully saturated rings. The molecule has 0 N–H and O–H groups in total. The van der Waals surface area contributed by atoms with Crippen LogP contribution in [0.2, 0.25) is 0 Å². The second-order valence-corrected chi connectivity index (χ2v) is 14.2. The predicted molar refractivity (Wildman–Crippen MR) is 215 cm³/mol. The van der Waals surface area contributed by atoms with Gasteiger partial charge in [-0.2, -0.15) is 10.5 Å². The summed E-state index contributed by atoms with van der Waals surface area (Å²) < 4.78 is 24.9. The number of para-hydroxylation sites is 1. The van der Waals surface area contributed by atoms with Gasteiger partial charge in [-0.05, 0) is 85.2 Å². The Morgan fingerprint density at radius 2 is 1.29 bits per heavy atom. The Balaban J connectivity index is 1.38. The van der Waals surface area contributed by atoms with Gasteiger partial charge in [-0.25, -0.2) is 0 Å². The minimum atomic E-state index is -0.219. The third kappa shape index (κ3) is 8.25. The molecular weight excluding hydrogens is 705 g/mol. The van der Waals surface area contributed by atoms with Crippen molar-refractivity contribution in [1.82, 2.24) is 9.80 Å². The molecule has 10 heteroatoms. The minimum Gasteiger partial charge on any atom is -0.496 e. The zero-order chi connectivity index (χ0) is 39.9. The van der Waals surface area contributed by atoms with Gasteiger partial charge in [0.1, 0.15) is 35.2 Å². The molecule has 286 valence electrons. The molecule has 2 saturated heterocycles. The maximum absolute atomic E-state index is 12.5. The number of benzene rings is 4. The van der Waals surface area contributed by atoms with Gasteiger partial charge in [0.15, 0.2) is 0 Å². The molecule has 4 aromatic carbocycles. The number of likely N-dealkylation sites (tertiary alicyclic amines) is 2. The zero-order valence-electron chi connectivity index (χ0n) is 32.3. The lowest BCUT2D eigenvalue weighted by Gasteiger charge is -2.37. The van der Waals surface area contributed by atoms with Crippen LogP contribution in [0.15, 0.2) is 98.1 Å². The fourth-order valence-corrected chi connectivity index (χ4v) is 7.84. The molecule has 0 saturated carbocycles. The monoisotopic (exact) mass is 750 g/mol. The van der Waals surface area contributed by atoms with Gasteiger partial charge >= 0.3 is 0 Å². The molecule has 0 aliphatic carbocycles. The quantitative estimate of drug-likeness (QED) is 0.140. The smallest absolute Gasteiger partial charge is 0.246 e. The fourth-order valence-electron chi connectivity index (χ4n) is 7.84. The van der Waals surface area contributed by atoms with E-state index in [9.17, 15) is 20.1 Å². The lowest BCUT2D eigenvalue weighted by molar-refractivity contribution is -0.131. The summed E-state index contributed by atoms with van der Waals surface area (Å²) >= 11 is 0. The van der Waals surface area contributed by atoms with Gasteiger partial charge in [0, 0.05) is 67.5 Å². The Labute approximate surface area is 328 Å². The highest BCUT2D eigenvalue weighted by atomic mass is 16.5. The summed E-state index contributed by atoms with van der Waals surface area (Å²) in [5.74, 6) is 2.07. The maximum atomic E-state index is 12.5. The van der Waals surface area contributed by atoms with Crippen LogP contribution < -0.4 is 18.9 Å². The molecule has 0 bridgehead atoms. The molecule has 4 aromatic rings. The third-order valence-corrected chi connectivity index (χ3v) is 10.6. The number of rotatable bonds is 11. The van der Waals surface area contributed by atoms with Crippen molar-refractivity contribution in [3.8, 4) is 68.5 Å². The van der Waals surface area contributed by atoms with Crippen LogP contribution >= 0.6 is 0 Å². The van der Waals surface area contributed by atoms with Crippen molar-refractivity contribution < 1.29 is 28.5 Å². The first-order chi connectivity index (χ1) is 27.1. The van der Waals surface area contributed by atoms with Gasteiger partial charge in [-0.3, -0.25) is 9.59 Å². The summed E-state index contributed by atoms with van der Waals surface area (Å²) in [6.45, 7) is 12.3. The average molecular weight is 751 g/mol. The van der Waals surface area contributed by atoms with Crippen LogP contribution in [0.4, 0.5) is 0 Å². The number of nitrogens with zero attached hydrogens (tertiary/aromatic N) is 4.